The molecule has 0 aromatic carbocycles. The lowest BCUT2D eigenvalue weighted by Gasteiger charge is -2.28. The van der Waals surface area contributed by atoms with E-state index in [1.165, 1.54) is 0 Å². The topological polar surface area (TPSA) is 65.1 Å². The van der Waals surface area contributed by atoms with Crippen LogP contribution < -0.4 is 15.8 Å². The number of nitrogens with two attached hydrogens (primary N) is 1. The van der Waals surface area contributed by atoms with Gasteiger partial charge in [0.05, 0.1) is 24.4 Å². The predicted molar refractivity (Wildman–Crippen MR) is 87.5 cm³/mol. The van der Waals surface area contributed by atoms with Crippen LogP contribution in [0.2, 0.25) is 0 Å². The largest absolute Gasteiger partial charge is 0.481 e. The first-order valence-electron chi connectivity index (χ1n) is 7.84. The number of aromatic nitrogens is 2. The standard InChI is InChI=1S/C16H32N4O/c1-10(2)13(11(3)4)9-18-14(8-17)15-12(5)19-20(6)16(15)21-7/h10-11,13-14,18H,8-9,17H2,1-7H3. The smallest absolute Gasteiger partial charge is 0.216 e. The highest BCUT2D eigenvalue weighted by Gasteiger charge is 2.24. The van der Waals surface area contributed by atoms with E-state index in [0.717, 1.165) is 23.7 Å². The Kier molecular flexibility index (Phi) is 6.68. The highest BCUT2D eigenvalue weighted by molar-refractivity contribution is 5.34. The molecule has 1 atom stereocenters. The lowest BCUT2D eigenvalue weighted by Crippen LogP contribution is -2.36. The number of ether oxygens (including phenoxy) is 1. The molecule has 0 aliphatic rings. The Hall–Kier alpha value is -1.07. The molecular weight excluding hydrogens is 264 g/mol. The summed E-state index contributed by atoms with van der Waals surface area (Å²) in [6.45, 7) is 12.6. The summed E-state index contributed by atoms with van der Waals surface area (Å²) < 4.78 is 7.26. The Morgan fingerprint density at radius 2 is 1.81 bits per heavy atom. The molecule has 1 unspecified atom stereocenters. The Morgan fingerprint density at radius 1 is 1.24 bits per heavy atom. The molecule has 0 aliphatic heterocycles. The summed E-state index contributed by atoms with van der Waals surface area (Å²) in [5.41, 5.74) is 8.04. The van der Waals surface area contributed by atoms with Gasteiger partial charge in [0, 0.05) is 13.6 Å². The molecule has 21 heavy (non-hydrogen) atoms. The van der Waals surface area contributed by atoms with Crippen LogP contribution in [0.15, 0.2) is 0 Å². The van der Waals surface area contributed by atoms with Crippen LogP contribution in [0.3, 0.4) is 0 Å². The molecule has 5 heteroatoms. The SMILES string of the molecule is COc1c(C(CN)NCC(C(C)C)C(C)C)c(C)nn1C. The van der Waals surface area contributed by atoms with Gasteiger partial charge in [-0.05, 0) is 31.2 Å². The second kappa shape index (κ2) is 7.80. The molecule has 1 aromatic heterocycles. The fraction of sp³-hybridized carbons (Fsp3) is 0.812. The van der Waals surface area contributed by atoms with Gasteiger partial charge in [-0.1, -0.05) is 27.7 Å². The number of hydrogen-bond acceptors (Lipinski definition) is 4. The highest BCUT2D eigenvalue weighted by atomic mass is 16.5. The maximum Gasteiger partial charge on any atom is 0.216 e. The zero-order chi connectivity index (χ0) is 16.2. The molecule has 0 radical (unpaired) electrons. The van der Waals surface area contributed by atoms with Crippen LogP contribution in [0.1, 0.15) is 45.0 Å². The number of nitrogens with zero attached hydrogens (tertiary/aromatic N) is 2. The van der Waals surface area contributed by atoms with Gasteiger partial charge in [0.2, 0.25) is 5.88 Å². The molecule has 1 aromatic rings. The van der Waals surface area contributed by atoms with Crippen molar-refractivity contribution in [3.8, 4) is 5.88 Å². The van der Waals surface area contributed by atoms with Crippen LogP contribution in [0.4, 0.5) is 0 Å². The quantitative estimate of drug-likeness (QED) is 0.772. The summed E-state index contributed by atoms with van der Waals surface area (Å²) in [4.78, 5) is 0. The third-order valence-corrected chi connectivity index (χ3v) is 4.30. The second-order valence-electron chi connectivity index (χ2n) is 6.48. The summed E-state index contributed by atoms with van der Waals surface area (Å²) in [6, 6.07) is 0.0775. The van der Waals surface area contributed by atoms with E-state index in [4.69, 9.17) is 10.5 Å². The minimum atomic E-state index is 0.0775. The number of methoxy groups -OCH3 is 1. The molecule has 0 fully saturated rings. The highest BCUT2D eigenvalue weighted by Crippen LogP contribution is 2.28. The molecule has 0 saturated carbocycles. The van der Waals surface area contributed by atoms with Gasteiger partial charge in [0.25, 0.3) is 0 Å². The molecule has 0 amide bonds. The van der Waals surface area contributed by atoms with Crippen molar-refractivity contribution < 1.29 is 4.74 Å². The number of hydrogen-bond donors (Lipinski definition) is 2. The van der Waals surface area contributed by atoms with Crippen LogP contribution in [0, 0.1) is 24.7 Å². The van der Waals surface area contributed by atoms with Crippen molar-refractivity contribution in [1.29, 1.82) is 0 Å². The van der Waals surface area contributed by atoms with E-state index in [9.17, 15) is 0 Å². The molecule has 0 bridgehead atoms. The monoisotopic (exact) mass is 296 g/mol. The van der Waals surface area contributed by atoms with E-state index in [0.29, 0.717) is 24.3 Å². The van der Waals surface area contributed by atoms with Crippen molar-refractivity contribution in [2.75, 3.05) is 20.2 Å². The average molecular weight is 296 g/mol. The van der Waals surface area contributed by atoms with Crippen molar-refractivity contribution in [1.82, 2.24) is 15.1 Å². The Labute approximate surface area is 129 Å². The van der Waals surface area contributed by atoms with Gasteiger partial charge in [-0.15, -0.1) is 0 Å². The van der Waals surface area contributed by atoms with E-state index in [2.05, 4.69) is 38.1 Å². The number of nitrogens with one attached hydrogen (secondary N) is 1. The van der Waals surface area contributed by atoms with Gasteiger partial charge in [0.15, 0.2) is 0 Å². The maximum atomic E-state index is 5.99. The van der Waals surface area contributed by atoms with Crippen LogP contribution in [-0.2, 0) is 7.05 Å². The lowest BCUT2D eigenvalue weighted by molar-refractivity contribution is 0.264. The normalized spacial score (nSPS) is 13.5. The van der Waals surface area contributed by atoms with Crippen LogP contribution in [0.5, 0.6) is 5.88 Å². The zero-order valence-corrected chi connectivity index (χ0v) is 14.6. The van der Waals surface area contributed by atoms with Crippen LogP contribution >= 0.6 is 0 Å². The van der Waals surface area contributed by atoms with Gasteiger partial charge in [-0.3, -0.25) is 0 Å². The lowest BCUT2D eigenvalue weighted by atomic mass is 9.85. The molecule has 5 nitrogen and oxygen atoms in total. The minimum Gasteiger partial charge on any atom is -0.481 e. The van der Waals surface area contributed by atoms with Gasteiger partial charge >= 0.3 is 0 Å². The molecule has 122 valence electrons. The van der Waals surface area contributed by atoms with Crippen molar-refractivity contribution in [2.24, 2.45) is 30.5 Å². The Bertz CT molecular complexity index is 432. The summed E-state index contributed by atoms with van der Waals surface area (Å²) in [6.07, 6.45) is 0. The van der Waals surface area contributed by atoms with Crippen molar-refractivity contribution >= 4 is 0 Å². The molecule has 3 N–H and O–H groups in total. The van der Waals surface area contributed by atoms with E-state index in [1.807, 2.05) is 14.0 Å². The average Bonchev–Trinajstić information content (AvgIpc) is 2.68. The number of aryl methyl sites for hydroxylation is 2. The van der Waals surface area contributed by atoms with Gasteiger partial charge in [0.1, 0.15) is 0 Å². The van der Waals surface area contributed by atoms with E-state index >= 15 is 0 Å². The minimum absolute atomic E-state index is 0.0775. The molecule has 1 heterocycles. The zero-order valence-electron chi connectivity index (χ0n) is 14.6. The fourth-order valence-corrected chi connectivity index (χ4v) is 3.12. The van der Waals surface area contributed by atoms with Gasteiger partial charge in [-0.25, -0.2) is 4.68 Å². The Morgan fingerprint density at radius 3 is 2.24 bits per heavy atom. The summed E-state index contributed by atoms with van der Waals surface area (Å²) in [5, 5.41) is 8.06. The van der Waals surface area contributed by atoms with Crippen LogP contribution in [0.25, 0.3) is 0 Å². The van der Waals surface area contributed by atoms with E-state index in [-0.39, 0.29) is 6.04 Å². The van der Waals surface area contributed by atoms with Crippen molar-refractivity contribution in [3.05, 3.63) is 11.3 Å². The first-order chi connectivity index (χ1) is 9.83. The molecule has 0 saturated heterocycles. The second-order valence-corrected chi connectivity index (χ2v) is 6.48. The first kappa shape index (κ1) is 18.0. The van der Waals surface area contributed by atoms with E-state index in [1.54, 1.807) is 11.8 Å². The molecular formula is C16H32N4O. The summed E-state index contributed by atoms with van der Waals surface area (Å²) >= 11 is 0. The van der Waals surface area contributed by atoms with Gasteiger partial charge in [-0.2, -0.15) is 5.10 Å². The molecule has 1 rings (SSSR count). The first-order valence-corrected chi connectivity index (χ1v) is 7.84. The van der Waals surface area contributed by atoms with Crippen molar-refractivity contribution in [2.45, 2.75) is 40.7 Å². The predicted octanol–water partition coefficient (Wildman–Crippen LogP) is 2.25. The maximum absolute atomic E-state index is 5.99. The van der Waals surface area contributed by atoms with Gasteiger partial charge < -0.3 is 15.8 Å². The third kappa shape index (κ3) is 4.20. The molecule has 0 spiro atoms. The fourth-order valence-electron chi connectivity index (χ4n) is 3.12. The summed E-state index contributed by atoms with van der Waals surface area (Å²) in [5.74, 6) is 2.71. The third-order valence-electron chi connectivity index (χ3n) is 4.30. The molecule has 0 aliphatic carbocycles. The Balaban J connectivity index is 2.89. The van der Waals surface area contributed by atoms with Crippen molar-refractivity contribution in [3.63, 3.8) is 0 Å². The van der Waals surface area contributed by atoms with Crippen LogP contribution in [-0.4, -0.2) is 30.0 Å². The summed E-state index contributed by atoms with van der Waals surface area (Å²) in [7, 11) is 3.58. The number of rotatable bonds is 8. The van der Waals surface area contributed by atoms with E-state index < -0.39 is 0 Å².